The first-order valence-corrected chi connectivity index (χ1v) is 10.0. The Labute approximate surface area is 170 Å². The highest BCUT2D eigenvalue weighted by molar-refractivity contribution is 5.76. The lowest BCUT2D eigenvalue weighted by Crippen LogP contribution is -2.36. The van der Waals surface area contributed by atoms with Gasteiger partial charge in [-0.05, 0) is 5.56 Å². The molecule has 29 heavy (non-hydrogen) atoms. The summed E-state index contributed by atoms with van der Waals surface area (Å²) in [4.78, 5) is 23.6. The number of methoxy groups -OCH3 is 1. The van der Waals surface area contributed by atoms with Gasteiger partial charge in [0, 0.05) is 51.9 Å². The molecule has 0 N–H and O–H groups in total. The van der Waals surface area contributed by atoms with E-state index in [0.29, 0.717) is 38.4 Å². The van der Waals surface area contributed by atoms with Crippen LogP contribution in [0, 0.1) is 0 Å². The van der Waals surface area contributed by atoms with Crippen molar-refractivity contribution in [3.05, 3.63) is 71.5 Å². The number of oxazole rings is 1. The molecule has 1 amide bonds. The summed E-state index contributed by atoms with van der Waals surface area (Å²) in [6.45, 7) is 3.84. The maximum atomic E-state index is 12.7. The average Bonchev–Trinajstić information content (AvgIpc) is 3.39. The van der Waals surface area contributed by atoms with Crippen LogP contribution >= 0.6 is 0 Å². The highest BCUT2D eigenvalue weighted by Gasteiger charge is 2.28. The van der Waals surface area contributed by atoms with Crippen LogP contribution in [0.2, 0.25) is 0 Å². The van der Waals surface area contributed by atoms with Crippen LogP contribution in [0.25, 0.3) is 0 Å². The average molecular weight is 394 g/mol. The van der Waals surface area contributed by atoms with Gasteiger partial charge in [0.1, 0.15) is 17.3 Å². The SMILES string of the molecule is CCc1nccn1CCC(=O)N1CCc2oc(C(OC)c3ccccc3)nc2C1. The van der Waals surface area contributed by atoms with Crippen molar-refractivity contribution in [2.75, 3.05) is 13.7 Å². The molecule has 1 aliphatic rings. The third-order valence-electron chi connectivity index (χ3n) is 5.34. The monoisotopic (exact) mass is 394 g/mol. The zero-order valence-corrected chi connectivity index (χ0v) is 16.9. The number of imidazole rings is 1. The Morgan fingerprint density at radius 3 is 2.90 bits per heavy atom. The Kier molecular flexibility index (Phi) is 5.76. The van der Waals surface area contributed by atoms with Gasteiger partial charge >= 0.3 is 0 Å². The van der Waals surface area contributed by atoms with Crippen LogP contribution in [0.3, 0.4) is 0 Å². The van der Waals surface area contributed by atoms with Gasteiger partial charge in [-0.2, -0.15) is 0 Å². The minimum absolute atomic E-state index is 0.127. The zero-order valence-electron chi connectivity index (χ0n) is 16.9. The molecular weight excluding hydrogens is 368 g/mol. The molecule has 0 bridgehead atoms. The third-order valence-corrected chi connectivity index (χ3v) is 5.34. The molecular formula is C22H26N4O3. The van der Waals surface area contributed by atoms with E-state index in [-0.39, 0.29) is 12.0 Å². The van der Waals surface area contributed by atoms with E-state index < -0.39 is 0 Å². The van der Waals surface area contributed by atoms with Crippen LogP contribution in [0.5, 0.6) is 0 Å². The van der Waals surface area contributed by atoms with Crippen molar-refractivity contribution in [3.8, 4) is 0 Å². The van der Waals surface area contributed by atoms with Crippen LogP contribution in [-0.2, 0) is 35.5 Å². The van der Waals surface area contributed by atoms with E-state index in [4.69, 9.17) is 9.15 Å². The molecule has 3 aromatic rings. The quantitative estimate of drug-likeness (QED) is 0.615. The van der Waals surface area contributed by atoms with E-state index >= 15 is 0 Å². The molecule has 0 saturated carbocycles. The number of amides is 1. The Balaban J connectivity index is 1.43. The van der Waals surface area contributed by atoms with E-state index in [0.717, 1.165) is 29.3 Å². The van der Waals surface area contributed by atoms with Crippen molar-refractivity contribution in [1.82, 2.24) is 19.4 Å². The number of benzene rings is 1. The smallest absolute Gasteiger partial charge is 0.228 e. The largest absolute Gasteiger partial charge is 0.442 e. The minimum Gasteiger partial charge on any atom is -0.442 e. The van der Waals surface area contributed by atoms with Gasteiger partial charge in [0.05, 0.1) is 6.54 Å². The second-order valence-corrected chi connectivity index (χ2v) is 7.15. The molecule has 0 spiro atoms. The fraction of sp³-hybridized carbons (Fsp3) is 0.409. The standard InChI is InChI=1S/C22H26N4O3/c1-3-19-23-11-14-25(19)13-10-20(27)26-12-9-18-17(15-26)24-22(29-18)21(28-2)16-7-5-4-6-8-16/h4-8,11,14,21H,3,9-10,12-13,15H2,1-2H3. The van der Waals surface area contributed by atoms with E-state index in [9.17, 15) is 4.79 Å². The summed E-state index contributed by atoms with van der Waals surface area (Å²) in [7, 11) is 1.65. The molecule has 7 nitrogen and oxygen atoms in total. The summed E-state index contributed by atoms with van der Waals surface area (Å²) in [6, 6.07) is 9.89. The molecule has 0 fully saturated rings. The van der Waals surface area contributed by atoms with Crippen LogP contribution in [0.4, 0.5) is 0 Å². The summed E-state index contributed by atoms with van der Waals surface area (Å²) in [5.41, 5.74) is 1.82. The summed E-state index contributed by atoms with van der Waals surface area (Å²) in [5.74, 6) is 2.53. The second kappa shape index (κ2) is 8.61. The van der Waals surface area contributed by atoms with Crippen molar-refractivity contribution in [2.24, 2.45) is 0 Å². The van der Waals surface area contributed by atoms with Gasteiger partial charge in [-0.25, -0.2) is 9.97 Å². The van der Waals surface area contributed by atoms with E-state index in [1.165, 1.54) is 0 Å². The van der Waals surface area contributed by atoms with Crippen LogP contribution < -0.4 is 0 Å². The molecule has 3 heterocycles. The van der Waals surface area contributed by atoms with Gasteiger partial charge in [0.25, 0.3) is 0 Å². The minimum atomic E-state index is -0.348. The lowest BCUT2D eigenvalue weighted by molar-refractivity contribution is -0.132. The first kappa shape index (κ1) is 19.4. The number of fused-ring (bicyclic) bond motifs is 1. The highest BCUT2D eigenvalue weighted by Crippen LogP contribution is 2.29. The van der Waals surface area contributed by atoms with Gasteiger partial charge in [-0.1, -0.05) is 37.3 Å². The molecule has 0 saturated heterocycles. The van der Waals surface area contributed by atoms with Crippen molar-refractivity contribution >= 4 is 5.91 Å². The Morgan fingerprint density at radius 2 is 2.14 bits per heavy atom. The maximum Gasteiger partial charge on any atom is 0.228 e. The lowest BCUT2D eigenvalue weighted by Gasteiger charge is -2.25. The fourth-order valence-electron chi connectivity index (χ4n) is 3.78. The number of aryl methyl sites for hydroxylation is 2. The number of ether oxygens (including phenoxy) is 1. The molecule has 0 radical (unpaired) electrons. The Bertz CT molecular complexity index is 964. The maximum absolute atomic E-state index is 12.7. The molecule has 1 aliphatic heterocycles. The molecule has 2 aromatic heterocycles. The van der Waals surface area contributed by atoms with Gasteiger partial charge in [-0.3, -0.25) is 4.79 Å². The molecule has 152 valence electrons. The van der Waals surface area contributed by atoms with Crippen molar-refractivity contribution in [1.29, 1.82) is 0 Å². The molecule has 1 unspecified atom stereocenters. The predicted molar refractivity (Wildman–Crippen MR) is 107 cm³/mol. The fourth-order valence-corrected chi connectivity index (χ4v) is 3.78. The van der Waals surface area contributed by atoms with Gasteiger partial charge in [0.2, 0.25) is 11.8 Å². The molecule has 4 rings (SSSR count). The van der Waals surface area contributed by atoms with E-state index in [1.807, 2.05) is 46.0 Å². The number of carbonyl (C=O) groups is 1. The van der Waals surface area contributed by atoms with Crippen molar-refractivity contribution in [3.63, 3.8) is 0 Å². The zero-order chi connectivity index (χ0) is 20.2. The Morgan fingerprint density at radius 1 is 1.31 bits per heavy atom. The summed E-state index contributed by atoms with van der Waals surface area (Å²) in [5, 5.41) is 0. The third kappa shape index (κ3) is 4.10. The first-order valence-electron chi connectivity index (χ1n) is 10.0. The molecule has 1 aromatic carbocycles. The first-order chi connectivity index (χ1) is 14.2. The number of nitrogens with zero attached hydrogens (tertiary/aromatic N) is 4. The molecule has 7 heteroatoms. The number of carbonyl (C=O) groups excluding carboxylic acids is 1. The normalized spacial score (nSPS) is 14.6. The number of hydrogen-bond donors (Lipinski definition) is 0. The van der Waals surface area contributed by atoms with Crippen molar-refractivity contribution < 1.29 is 13.9 Å². The summed E-state index contributed by atoms with van der Waals surface area (Å²) >= 11 is 0. The Hall–Kier alpha value is -2.93. The number of rotatable bonds is 7. The number of aromatic nitrogens is 3. The molecule has 0 aliphatic carbocycles. The highest BCUT2D eigenvalue weighted by atomic mass is 16.5. The van der Waals surface area contributed by atoms with Gasteiger partial charge in [0.15, 0.2) is 6.10 Å². The molecule has 1 atom stereocenters. The van der Waals surface area contributed by atoms with Crippen LogP contribution in [0.15, 0.2) is 47.1 Å². The topological polar surface area (TPSA) is 73.4 Å². The predicted octanol–water partition coefficient (Wildman–Crippen LogP) is 3.14. The van der Waals surface area contributed by atoms with E-state index in [2.05, 4.69) is 16.9 Å². The lowest BCUT2D eigenvalue weighted by atomic mass is 10.1. The van der Waals surface area contributed by atoms with E-state index in [1.54, 1.807) is 13.3 Å². The van der Waals surface area contributed by atoms with Gasteiger partial charge in [-0.15, -0.1) is 0 Å². The van der Waals surface area contributed by atoms with Crippen LogP contribution in [-0.4, -0.2) is 39.0 Å². The van der Waals surface area contributed by atoms with Crippen molar-refractivity contribution in [2.45, 2.75) is 45.4 Å². The second-order valence-electron chi connectivity index (χ2n) is 7.15. The number of hydrogen-bond acceptors (Lipinski definition) is 5. The summed E-state index contributed by atoms with van der Waals surface area (Å²) < 4.78 is 13.7. The van der Waals surface area contributed by atoms with Gasteiger partial charge < -0.3 is 18.6 Å². The van der Waals surface area contributed by atoms with Crippen LogP contribution in [0.1, 0.15) is 48.2 Å². The summed E-state index contributed by atoms with van der Waals surface area (Å²) in [6.07, 6.45) is 5.35.